The topological polar surface area (TPSA) is 52.6 Å². The van der Waals surface area contributed by atoms with Crippen LogP contribution in [-0.2, 0) is 19.1 Å². The summed E-state index contributed by atoms with van der Waals surface area (Å²) in [6, 6.07) is 20.0. The Labute approximate surface area is 170 Å². The summed E-state index contributed by atoms with van der Waals surface area (Å²) in [6.07, 6.45) is 3.08. The second-order valence-corrected chi connectivity index (χ2v) is 7.38. The summed E-state index contributed by atoms with van der Waals surface area (Å²) in [5, 5.41) is 0. The smallest absolute Gasteiger partial charge is 0.313 e. The quantitative estimate of drug-likeness (QED) is 0.674. The molecule has 0 spiro atoms. The SMILES string of the molecule is CCOC(=O)CC1=C[C@H](c2ccccc2)C2=C(CC(c3ccccc3)CC2=O)O1. The van der Waals surface area contributed by atoms with Gasteiger partial charge in [0.05, 0.1) is 6.61 Å². The summed E-state index contributed by atoms with van der Waals surface area (Å²) in [5.41, 5.74) is 2.88. The van der Waals surface area contributed by atoms with E-state index < -0.39 is 0 Å². The van der Waals surface area contributed by atoms with Gasteiger partial charge in [0.25, 0.3) is 0 Å². The number of ether oxygens (including phenoxy) is 2. The Balaban J connectivity index is 1.69. The number of carbonyl (C=O) groups excluding carboxylic acids is 2. The molecule has 2 aromatic carbocycles. The molecule has 1 aliphatic heterocycles. The third kappa shape index (κ3) is 4.16. The van der Waals surface area contributed by atoms with E-state index >= 15 is 0 Å². The third-order valence-electron chi connectivity index (χ3n) is 5.44. The largest absolute Gasteiger partial charge is 0.466 e. The molecule has 2 aromatic rings. The van der Waals surface area contributed by atoms with Crippen LogP contribution in [0.25, 0.3) is 0 Å². The van der Waals surface area contributed by atoms with Crippen molar-refractivity contribution in [1.29, 1.82) is 0 Å². The van der Waals surface area contributed by atoms with Gasteiger partial charge in [-0.3, -0.25) is 9.59 Å². The standard InChI is InChI=1S/C25H24O4/c1-2-28-24(27)16-20-15-21(18-11-7-4-8-12-18)25-22(26)13-19(14-23(25)29-20)17-9-5-3-6-10-17/h3-12,15,19,21H,2,13-14,16H2,1H3/t19?,21-/m1/s1. The molecule has 148 valence electrons. The first-order chi connectivity index (χ1) is 14.2. The molecule has 4 heteroatoms. The van der Waals surface area contributed by atoms with Crippen molar-refractivity contribution < 1.29 is 19.1 Å². The summed E-state index contributed by atoms with van der Waals surface area (Å²) in [4.78, 5) is 25.2. The fourth-order valence-corrected chi connectivity index (χ4v) is 4.13. The Morgan fingerprint density at radius 1 is 1.00 bits per heavy atom. The van der Waals surface area contributed by atoms with Gasteiger partial charge in [-0.1, -0.05) is 60.7 Å². The second-order valence-electron chi connectivity index (χ2n) is 7.38. The highest BCUT2D eigenvalue weighted by Gasteiger charge is 2.37. The van der Waals surface area contributed by atoms with Crippen molar-refractivity contribution in [2.45, 2.75) is 38.0 Å². The number of carbonyl (C=O) groups is 2. The van der Waals surface area contributed by atoms with E-state index in [-0.39, 0.29) is 30.0 Å². The van der Waals surface area contributed by atoms with Gasteiger partial charge in [0.15, 0.2) is 5.78 Å². The highest BCUT2D eigenvalue weighted by molar-refractivity contribution is 5.99. The molecule has 4 rings (SSSR count). The summed E-state index contributed by atoms with van der Waals surface area (Å²) < 4.78 is 11.2. The number of ketones is 1. The predicted molar refractivity (Wildman–Crippen MR) is 110 cm³/mol. The molecule has 0 bridgehead atoms. The first-order valence-electron chi connectivity index (χ1n) is 10.1. The van der Waals surface area contributed by atoms with Crippen LogP contribution in [0, 0.1) is 0 Å². The van der Waals surface area contributed by atoms with Gasteiger partial charge in [-0.15, -0.1) is 0 Å². The van der Waals surface area contributed by atoms with Crippen LogP contribution in [-0.4, -0.2) is 18.4 Å². The number of benzene rings is 2. The molecule has 0 aromatic heterocycles. The lowest BCUT2D eigenvalue weighted by Crippen LogP contribution is -2.26. The Kier molecular flexibility index (Phi) is 5.61. The van der Waals surface area contributed by atoms with E-state index in [1.165, 1.54) is 0 Å². The van der Waals surface area contributed by atoms with E-state index in [9.17, 15) is 9.59 Å². The average Bonchev–Trinajstić information content (AvgIpc) is 2.74. The lowest BCUT2D eigenvalue weighted by Gasteiger charge is -2.33. The first kappa shape index (κ1) is 19.2. The molecule has 0 N–H and O–H groups in total. The monoisotopic (exact) mass is 388 g/mol. The summed E-state index contributed by atoms with van der Waals surface area (Å²) in [7, 11) is 0. The fourth-order valence-electron chi connectivity index (χ4n) is 4.13. The molecule has 29 heavy (non-hydrogen) atoms. The Morgan fingerprint density at radius 2 is 1.66 bits per heavy atom. The second kappa shape index (κ2) is 8.48. The van der Waals surface area contributed by atoms with Crippen molar-refractivity contribution >= 4 is 11.8 Å². The molecule has 0 saturated carbocycles. The summed E-state index contributed by atoms with van der Waals surface area (Å²) >= 11 is 0. The Bertz CT molecular complexity index is 957. The zero-order valence-electron chi connectivity index (χ0n) is 16.5. The molecule has 1 heterocycles. The fraction of sp³-hybridized carbons (Fsp3) is 0.280. The number of rotatable bonds is 5. The molecule has 0 fully saturated rings. The Hall–Kier alpha value is -3.14. The molecule has 0 saturated heterocycles. The average molecular weight is 388 g/mol. The van der Waals surface area contributed by atoms with Gasteiger partial charge in [-0.25, -0.2) is 0 Å². The molecule has 2 atom stereocenters. The van der Waals surface area contributed by atoms with Crippen LogP contribution in [0.3, 0.4) is 0 Å². The van der Waals surface area contributed by atoms with Crippen LogP contribution < -0.4 is 0 Å². The van der Waals surface area contributed by atoms with Gasteiger partial charge in [0.2, 0.25) is 0 Å². The van der Waals surface area contributed by atoms with Crippen molar-refractivity contribution in [2.24, 2.45) is 0 Å². The summed E-state index contributed by atoms with van der Waals surface area (Å²) in [5.74, 6) is 0.912. The van der Waals surface area contributed by atoms with Gasteiger partial charge in [-0.2, -0.15) is 0 Å². The van der Waals surface area contributed by atoms with E-state index in [0.717, 1.165) is 16.7 Å². The van der Waals surface area contributed by atoms with Crippen LogP contribution in [0.2, 0.25) is 0 Å². The highest BCUT2D eigenvalue weighted by Crippen LogP contribution is 2.44. The number of hydrogen-bond acceptors (Lipinski definition) is 4. The van der Waals surface area contributed by atoms with Gasteiger partial charge in [0.1, 0.15) is 17.9 Å². The van der Waals surface area contributed by atoms with Crippen LogP contribution in [0.1, 0.15) is 49.1 Å². The lowest BCUT2D eigenvalue weighted by atomic mass is 9.75. The van der Waals surface area contributed by atoms with Crippen LogP contribution in [0.4, 0.5) is 0 Å². The normalized spacial score (nSPS) is 21.1. The zero-order chi connectivity index (χ0) is 20.2. The molecule has 0 amide bonds. The van der Waals surface area contributed by atoms with Gasteiger partial charge in [0, 0.05) is 24.3 Å². The number of Topliss-reactive ketones (excluding diaryl/α,β-unsaturated/α-hetero) is 1. The maximum Gasteiger partial charge on any atom is 0.313 e. The van der Waals surface area contributed by atoms with E-state index in [0.29, 0.717) is 31.0 Å². The minimum absolute atomic E-state index is 0.0676. The predicted octanol–water partition coefficient (Wildman–Crippen LogP) is 5.04. The molecule has 1 unspecified atom stereocenters. The molecule has 2 aliphatic rings. The van der Waals surface area contributed by atoms with Crippen LogP contribution in [0.5, 0.6) is 0 Å². The minimum atomic E-state index is -0.323. The van der Waals surface area contributed by atoms with E-state index in [4.69, 9.17) is 9.47 Å². The molecule has 4 nitrogen and oxygen atoms in total. The van der Waals surface area contributed by atoms with Gasteiger partial charge < -0.3 is 9.47 Å². The van der Waals surface area contributed by atoms with E-state index in [1.807, 2.05) is 54.6 Å². The van der Waals surface area contributed by atoms with E-state index in [1.54, 1.807) is 6.92 Å². The molecular formula is C25H24O4. The maximum atomic E-state index is 13.2. The zero-order valence-corrected chi connectivity index (χ0v) is 16.5. The number of allylic oxidation sites excluding steroid dienone is 3. The number of hydrogen-bond donors (Lipinski definition) is 0. The molecule has 1 aliphatic carbocycles. The van der Waals surface area contributed by atoms with E-state index in [2.05, 4.69) is 12.1 Å². The van der Waals surface area contributed by atoms with Gasteiger partial charge in [-0.05, 0) is 30.0 Å². The lowest BCUT2D eigenvalue weighted by molar-refractivity contribution is -0.142. The van der Waals surface area contributed by atoms with Crippen molar-refractivity contribution in [2.75, 3.05) is 6.61 Å². The minimum Gasteiger partial charge on any atom is -0.466 e. The van der Waals surface area contributed by atoms with Crippen molar-refractivity contribution in [1.82, 2.24) is 0 Å². The van der Waals surface area contributed by atoms with Crippen LogP contribution >= 0.6 is 0 Å². The molecule has 0 radical (unpaired) electrons. The molecular weight excluding hydrogens is 364 g/mol. The van der Waals surface area contributed by atoms with Crippen molar-refractivity contribution in [3.8, 4) is 0 Å². The maximum absolute atomic E-state index is 13.2. The third-order valence-corrected chi connectivity index (χ3v) is 5.44. The summed E-state index contributed by atoms with van der Waals surface area (Å²) in [6.45, 7) is 2.11. The first-order valence-corrected chi connectivity index (χ1v) is 10.1. The highest BCUT2D eigenvalue weighted by atomic mass is 16.5. The number of esters is 1. The Morgan fingerprint density at radius 3 is 2.31 bits per heavy atom. The van der Waals surface area contributed by atoms with Crippen LogP contribution in [0.15, 0.2) is 83.8 Å². The van der Waals surface area contributed by atoms with Crippen molar-refractivity contribution in [3.63, 3.8) is 0 Å². The van der Waals surface area contributed by atoms with Crippen molar-refractivity contribution in [3.05, 3.63) is 95.0 Å². The van der Waals surface area contributed by atoms with Gasteiger partial charge >= 0.3 is 5.97 Å².